The zero-order chi connectivity index (χ0) is 27.5. The number of methoxy groups -OCH3 is 1. The summed E-state index contributed by atoms with van der Waals surface area (Å²) in [5.41, 5.74) is 3.90. The number of hydrogen-bond donors (Lipinski definition) is 0. The van der Waals surface area contributed by atoms with Gasteiger partial charge in [0.25, 0.3) is 11.5 Å². The van der Waals surface area contributed by atoms with Crippen LogP contribution >= 0.6 is 0 Å². The molecule has 4 aromatic carbocycles. The number of rotatable bonds is 8. The number of nitrogens with zero attached hydrogens (tertiary/aromatic N) is 3. The highest BCUT2D eigenvalue weighted by atomic mass is 16.5. The number of carbonyl (C=O) groups excluding carboxylic acids is 1. The van der Waals surface area contributed by atoms with E-state index in [0.29, 0.717) is 41.9 Å². The number of carbonyl (C=O) groups is 1. The Morgan fingerprint density at radius 2 is 1.69 bits per heavy atom. The summed E-state index contributed by atoms with van der Waals surface area (Å²) < 4.78 is 6.99. The van der Waals surface area contributed by atoms with E-state index in [1.807, 2.05) is 93.6 Å². The first kappa shape index (κ1) is 26.3. The van der Waals surface area contributed by atoms with E-state index in [0.717, 1.165) is 27.6 Å². The lowest BCUT2D eigenvalue weighted by atomic mass is 10.0. The fourth-order valence-electron chi connectivity index (χ4n) is 5.20. The molecule has 0 saturated carbocycles. The standard InChI is InChI=1S/C33H33N3O3/c1-22-14-17-30(23(2)20-22)36-31(34-29-13-8-7-12-28(29)33(36)38)24(3)35(18-9-19-39-4)32(37)27-16-15-25-10-5-6-11-26(25)21-27/h5-8,10-17,20-21,24H,9,18-19H2,1-4H3. The molecule has 39 heavy (non-hydrogen) atoms. The summed E-state index contributed by atoms with van der Waals surface area (Å²) in [6.07, 6.45) is 0.654. The van der Waals surface area contributed by atoms with Crippen molar-refractivity contribution in [3.63, 3.8) is 0 Å². The Morgan fingerprint density at radius 1 is 0.949 bits per heavy atom. The quantitative estimate of drug-likeness (QED) is 0.223. The minimum atomic E-state index is -0.487. The van der Waals surface area contributed by atoms with Crippen molar-refractivity contribution in [1.29, 1.82) is 0 Å². The van der Waals surface area contributed by atoms with Crippen molar-refractivity contribution in [2.45, 2.75) is 33.2 Å². The molecule has 1 atom stereocenters. The summed E-state index contributed by atoms with van der Waals surface area (Å²) >= 11 is 0. The highest BCUT2D eigenvalue weighted by Gasteiger charge is 2.28. The minimum Gasteiger partial charge on any atom is -0.385 e. The van der Waals surface area contributed by atoms with E-state index in [1.54, 1.807) is 22.6 Å². The lowest BCUT2D eigenvalue weighted by molar-refractivity contribution is 0.0657. The number of hydrogen-bond acceptors (Lipinski definition) is 4. The zero-order valence-electron chi connectivity index (χ0n) is 22.8. The third-order valence-corrected chi connectivity index (χ3v) is 7.24. The van der Waals surface area contributed by atoms with E-state index in [4.69, 9.17) is 9.72 Å². The maximum absolute atomic E-state index is 14.1. The van der Waals surface area contributed by atoms with Crippen LogP contribution in [0.2, 0.25) is 0 Å². The van der Waals surface area contributed by atoms with Crippen LogP contribution in [0.25, 0.3) is 27.4 Å². The number of para-hydroxylation sites is 1. The molecule has 0 aliphatic heterocycles. The van der Waals surface area contributed by atoms with Gasteiger partial charge in [0.2, 0.25) is 0 Å². The fourth-order valence-corrected chi connectivity index (χ4v) is 5.20. The Labute approximate surface area is 228 Å². The second-order valence-electron chi connectivity index (χ2n) is 10.0. The van der Waals surface area contributed by atoms with Gasteiger partial charge in [0.1, 0.15) is 5.82 Å². The summed E-state index contributed by atoms with van der Waals surface area (Å²) in [5.74, 6) is 0.413. The van der Waals surface area contributed by atoms with Gasteiger partial charge in [0.05, 0.1) is 22.6 Å². The Hall–Kier alpha value is -4.29. The van der Waals surface area contributed by atoms with Gasteiger partial charge in [-0.2, -0.15) is 0 Å². The van der Waals surface area contributed by atoms with Gasteiger partial charge in [-0.3, -0.25) is 14.2 Å². The second-order valence-corrected chi connectivity index (χ2v) is 10.0. The number of amides is 1. The van der Waals surface area contributed by atoms with Gasteiger partial charge < -0.3 is 9.64 Å². The smallest absolute Gasteiger partial charge is 0.266 e. The fraction of sp³-hybridized carbons (Fsp3) is 0.242. The SMILES string of the molecule is COCCCN(C(=O)c1ccc2ccccc2c1)C(C)c1nc2ccccc2c(=O)n1-c1ccc(C)cc1C. The van der Waals surface area contributed by atoms with Gasteiger partial charge in [0, 0.05) is 25.8 Å². The lowest BCUT2D eigenvalue weighted by Crippen LogP contribution is -2.38. The number of ether oxygens (including phenoxy) is 1. The largest absolute Gasteiger partial charge is 0.385 e. The summed E-state index contributed by atoms with van der Waals surface area (Å²) in [6, 6.07) is 26.7. The molecule has 0 aliphatic carbocycles. The van der Waals surface area contributed by atoms with E-state index in [-0.39, 0.29) is 11.5 Å². The molecule has 1 heterocycles. The predicted molar refractivity (Wildman–Crippen MR) is 157 cm³/mol. The number of aromatic nitrogens is 2. The third kappa shape index (κ3) is 5.20. The molecule has 0 aliphatic rings. The van der Waals surface area contributed by atoms with Gasteiger partial charge in [-0.15, -0.1) is 0 Å². The topological polar surface area (TPSA) is 64.4 Å². The van der Waals surface area contributed by atoms with Crippen LogP contribution in [0, 0.1) is 13.8 Å². The normalized spacial score (nSPS) is 12.1. The molecule has 1 aromatic heterocycles. The average molecular weight is 520 g/mol. The molecule has 0 radical (unpaired) electrons. The zero-order valence-corrected chi connectivity index (χ0v) is 22.8. The lowest BCUT2D eigenvalue weighted by Gasteiger charge is -2.31. The molecule has 6 heteroatoms. The summed E-state index contributed by atoms with van der Waals surface area (Å²) in [6.45, 7) is 6.94. The first-order chi connectivity index (χ1) is 18.9. The first-order valence-corrected chi connectivity index (χ1v) is 13.3. The maximum Gasteiger partial charge on any atom is 0.266 e. The van der Waals surface area contributed by atoms with Gasteiger partial charge in [-0.05, 0) is 73.9 Å². The van der Waals surface area contributed by atoms with Gasteiger partial charge in [-0.1, -0.05) is 60.2 Å². The van der Waals surface area contributed by atoms with Crippen molar-refractivity contribution in [2.24, 2.45) is 0 Å². The number of benzene rings is 4. The number of fused-ring (bicyclic) bond motifs is 2. The summed E-state index contributed by atoms with van der Waals surface area (Å²) in [4.78, 5) is 34.8. The molecular weight excluding hydrogens is 486 g/mol. The summed E-state index contributed by atoms with van der Waals surface area (Å²) in [7, 11) is 1.65. The number of aryl methyl sites for hydroxylation is 2. The van der Waals surface area contributed by atoms with E-state index in [1.165, 1.54) is 0 Å². The van der Waals surface area contributed by atoms with Crippen LogP contribution in [0.4, 0.5) is 0 Å². The Balaban J connectivity index is 1.67. The van der Waals surface area contributed by atoms with E-state index < -0.39 is 6.04 Å². The van der Waals surface area contributed by atoms with Crippen molar-refractivity contribution in [3.8, 4) is 5.69 Å². The molecule has 0 saturated heterocycles. The summed E-state index contributed by atoms with van der Waals surface area (Å²) in [5, 5.41) is 2.62. The molecular formula is C33H33N3O3. The molecule has 1 amide bonds. The van der Waals surface area contributed by atoms with Crippen LogP contribution in [-0.4, -0.2) is 40.6 Å². The second kappa shape index (κ2) is 11.2. The molecule has 5 rings (SSSR count). The van der Waals surface area contributed by atoms with Gasteiger partial charge in [0.15, 0.2) is 0 Å². The van der Waals surface area contributed by atoms with Crippen LogP contribution in [0.5, 0.6) is 0 Å². The van der Waals surface area contributed by atoms with Gasteiger partial charge >= 0.3 is 0 Å². The molecule has 0 bridgehead atoms. The Morgan fingerprint density at radius 3 is 2.46 bits per heavy atom. The van der Waals surface area contributed by atoms with E-state index in [2.05, 4.69) is 6.07 Å². The monoisotopic (exact) mass is 519 g/mol. The Bertz CT molecular complexity index is 1720. The molecule has 1 unspecified atom stereocenters. The van der Waals surface area contributed by atoms with E-state index >= 15 is 0 Å². The van der Waals surface area contributed by atoms with Crippen molar-refractivity contribution < 1.29 is 9.53 Å². The predicted octanol–water partition coefficient (Wildman–Crippen LogP) is 6.40. The first-order valence-electron chi connectivity index (χ1n) is 13.3. The highest BCUT2D eigenvalue weighted by Crippen LogP contribution is 2.27. The third-order valence-electron chi connectivity index (χ3n) is 7.24. The molecule has 5 aromatic rings. The molecule has 198 valence electrons. The van der Waals surface area contributed by atoms with Crippen LogP contribution < -0.4 is 5.56 Å². The molecule has 0 fully saturated rings. The van der Waals surface area contributed by atoms with Crippen LogP contribution in [-0.2, 0) is 4.74 Å². The van der Waals surface area contributed by atoms with Crippen molar-refractivity contribution in [2.75, 3.05) is 20.3 Å². The minimum absolute atomic E-state index is 0.112. The van der Waals surface area contributed by atoms with Crippen LogP contribution in [0.3, 0.4) is 0 Å². The average Bonchev–Trinajstić information content (AvgIpc) is 2.95. The molecule has 0 N–H and O–H groups in total. The molecule has 0 spiro atoms. The van der Waals surface area contributed by atoms with Crippen molar-refractivity contribution >= 4 is 27.6 Å². The van der Waals surface area contributed by atoms with Crippen molar-refractivity contribution in [1.82, 2.24) is 14.5 Å². The van der Waals surface area contributed by atoms with Crippen LogP contribution in [0.1, 0.15) is 46.7 Å². The van der Waals surface area contributed by atoms with Crippen molar-refractivity contribution in [3.05, 3.63) is 118 Å². The van der Waals surface area contributed by atoms with E-state index in [9.17, 15) is 9.59 Å². The molecule has 6 nitrogen and oxygen atoms in total. The Kier molecular flexibility index (Phi) is 7.57. The highest BCUT2D eigenvalue weighted by molar-refractivity contribution is 5.98. The van der Waals surface area contributed by atoms with Crippen LogP contribution in [0.15, 0.2) is 89.7 Å². The van der Waals surface area contributed by atoms with Gasteiger partial charge in [-0.25, -0.2) is 4.98 Å². The maximum atomic E-state index is 14.1.